The summed E-state index contributed by atoms with van der Waals surface area (Å²) in [6.07, 6.45) is 13.3. The van der Waals surface area contributed by atoms with Gasteiger partial charge in [0.25, 0.3) is 0 Å². The first-order valence-electron chi connectivity index (χ1n) is 5.65. The highest BCUT2D eigenvalue weighted by molar-refractivity contribution is 5.05. The van der Waals surface area contributed by atoms with Gasteiger partial charge in [-0.15, -0.1) is 0 Å². The highest BCUT2D eigenvalue weighted by atomic mass is 16.2. The van der Waals surface area contributed by atoms with Gasteiger partial charge in [-0.1, -0.05) is 30.9 Å². The van der Waals surface area contributed by atoms with Crippen molar-refractivity contribution >= 4 is 0 Å². The minimum Gasteiger partial charge on any atom is -0.462 e. The molecular weight excluding hydrogens is 172 g/mol. The number of aliphatic hydroxyl groups excluding tert-OH is 1. The van der Waals surface area contributed by atoms with Crippen LogP contribution in [-0.4, -0.2) is 5.11 Å². The molecule has 0 spiro atoms. The van der Waals surface area contributed by atoms with Crippen LogP contribution in [0.25, 0.3) is 0 Å². The highest BCUT2D eigenvalue weighted by Gasteiger charge is 2.04. The molecule has 0 bridgehead atoms. The van der Waals surface area contributed by atoms with Gasteiger partial charge in [0, 0.05) is 5.92 Å². The second-order valence-electron chi connectivity index (χ2n) is 4.16. The van der Waals surface area contributed by atoms with Crippen molar-refractivity contribution in [3.8, 4) is 12.0 Å². The molecule has 0 radical (unpaired) electrons. The number of aliphatic hydroxyl groups is 1. The van der Waals surface area contributed by atoms with E-state index in [1.54, 1.807) is 5.57 Å². The monoisotopic (exact) mass is 192 g/mol. The van der Waals surface area contributed by atoms with Crippen LogP contribution in [0.5, 0.6) is 0 Å². The summed E-state index contributed by atoms with van der Waals surface area (Å²) in [5.74, 6) is 3.08. The molecular formula is C13H20O. The van der Waals surface area contributed by atoms with Gasteiger partial charge in [-0.25, -0.2) is 0 Å². The van der Waals surface area contributed by atoms with E-state index in [1.807, 2.05) is 6.11 Å². The minimum absolute atomic E-state index is 0.320. The van der Waals surface area contributed by atoms with E-state index in [1.165, 1.54) is 32.1 Å². The van der Waals surface area contributed by atoms with E-state index >= 15 is 0 Å². The Balaban J connectivity index is 2.20. The second-order valence-corrected chi connectivity index (χ2v) is 4.16. The average Bonchev–Trinajstić information content (AvgIpc) is 2.20. The fraction of sp³-hybridized carbons (Fsp3) is 0.692. The molecule has 1 nitrogen and oxygen atoms in total. The quantitative estimate of drug-likeness (QED) is 0.535. The molecule has 0 saturated heterocycles. The van der Waals surface area contributed by atoms with Crippen molar-refractivity contribution in [1.82, 2.24) is 0 Å². The van der Waals surface area contributed by atoms with Crippen molar-refractivity contribution in [2.75, 3.05) is 0 Å². The standard InChI is InChI=1S/C13H20O/c1-12(10-11-14)6-5-9-13-7-3-2-4-8-13/h9,12,14H,2-8H2,1H3. The van der Waals surface area contributed by atoms with E-state index in [-0.39, 0.29) is 0 Å². The predicted octanol–water partition coefficient (Wildman–Crippen LogP) is 3.63. The van der Waals surface area contributed by atoms with Crippen LogP contribution >= 0.6 is 0 Å². The molecule has 1 fully saturated rings. The summed E-state index contributed by atoms with van der Waals surface area (Å²) in [4.78, 5) is 0. The fourth-order valence-corrected chi connectivity index (χ4v) is 1.93. The van der Waals surface area contributed by atoms with Gasteiger partial charge in [-0.05, 0) is 38.5 Å². The number of rotatable bonds is 3. The summed E-state index contributed by atoms with van der Waals surface area (Å²) in [5, 5.41) is 8.41. The normalized spacial score (nSPS) is 18.2. The topological polar surface area (TPSA) is 20.2 Å². The van der Waals surface area contributed by atoms with Crippen molar-refractivity contribution < 1.29 is 5.11 Å². The third-order valence-corrected chi connectivity index (χ3v) is 2.84. The molecule has 1 unspecified atom stereocenters. The van der Waals surface area contributed by atoms with E-state index in [0.29, 0.717) is 5.92 Å². The third-order valence-electron chi connectivity index (χ3n) is 2.84. The van der Waals surface area contributed by atoms with Gasteiger partial charge in [0.05, 0.1) is 0 Å². The first-order valence-corrected chi connectivity index (χ1v) is 5.65. The van der Waals surface area contributed by atoms with Crippen LogP contribution in [0.4, 0.5) is 0 Å². The van der Waals surface area contributed by atoms with Crippen LogP contribution in [0.15, 0.2) is 11.6 Å². The Morgan fingerprint density at radius 3 is 2.71 bits per heavy atom. The highest BCUT2D eigenvalue weighted by Crippen LogP contribution is 2.23. The van der Waals surface area contributed by atoms with Crippen molar-refractivity contribution in [2.24, 2.45) is 5.92 Å². The lowest BCUT2D eigenvalue weighted by molar-refractivity contribution is 0.512. The van der Waals surface area contributed by atoms with Gasteiger partial charge >= 0.3 is 0 Å². The summed E-state index contributed by atoms with van der Waals surface area (Å²) >= 11 is 0. The average molecular weight is 192 g/mol. The summed E-state index contributed by atoms with van der Waals surface area (Å²) in [5.41, 5.74) is 1.64. The molecule has 14 heavy (non-hydrogen) atoms. The maximum atomic E-state index is 8.41. The van der Waals surface area contributed by atoms with E-state index in [0.717, 1.165) is 12.8 Å². The molecule has 1 rings (SSSR count). The Bertz CT molecular complexity index is 234. The van der Waals surface area contributed by atoms with Gasteiger partial charge in [-0.3, -0.25) is 0 Å². The van der Waals surface area contributed by atoms with Crippen molar-refractivity contribution in [3.05, 3.63) is 11.6 Å². The maximum absolute atomic E-state index is 8.41. The van der Waals surface area contributed by atoms with Crippen molar-refractivity contribution in [1.29, 1.82) is 0 Å². The molecule has 1 heteroatoms. The third kappa shape index (κ3) is 4.37. The number of allylic oxidation sites excluding steroid dienone is 2. The SMILES string of the molecule is CC(C#CO)CCC=C1CCCCC1. The molecule has 0 heterocycles. The smallest absolute Gasteiger partial charge is 0.107 e. The number of hydrogen-bond donors (Lipinski definition) is 1. The zero-order chi connectivity index (χ0) is 10.2. The lowest BCUT2D eigenvalue weighted by atomic mass is 9.93. The summed E-state index contributed by atoms with van der Waals surface area (Å²) < 4.78 is 0. The molecule has 1 saturated carbocycles. The van der Waals surface area contributed by atoms with Gasteiger partial charge < -0.3 is 5.11 Å². The molecule has 1 atom stereocenters. The summed E-state index contributed by atoms with van der Waals surface area (Å²) in [6, 6.07) is 0. The molecule has 1 aliphatic rings. The van der Waals surface area contributed by atoms with Crippen LogP contribution < -0.4 is 0 Å². The summed E-state index contributed by atoms with van der Waals surface area (Å²) in [6.45, 7) is 2.06. The Morgan fingerprint density at radius 2 is 2.07 bits per heavy atom. The van der Waals surface area contributed by atoms with Crippen molar-refractivity contribution in [2.45, 2.75) is 51.9 Å². The molecule has 0 aromatic carbocycles. The minimum atomic E-state index is 0.320. The largest absolute Gasteiger partial charge is 0.462 e. The number of hydrogen-bond acceptors (Lipinski definition) is 1. The lowest BCUT2D eigenvalue weighted by Gasteiger charge is -2.13. The zero-order valence-electron chi connectivity index (χ0n) is 9.05. The van der Waals surface area contributed by atoms with E-state index in [4.69, 9.17) is 5.11 Å². The van der Waals surface area contributed by atoms with Gasteiger partial charge in [0.15, 0.2) is 0 Å². The van der Waals surface area contributed by atoms with E-state index < -0.39 is 0 Å². The van der Waals surface area contributed by atoms with E-state index in [9.17, 15) is 0 Å². The van der Waals surface area contributed by atoms with Crippen LogP contribution in [0.2, 0.25) is 0 Å². The maximum Gasteiger partial charge on any atom is 0.107 e. The molecule has 0 aromatic heterocycles. The molecule has 0 aromatic rings. The molecule has 1 N–H and O–H groups in total. The molecule has 1 aliphatic carbocycles. The Hall–Kier alpha value is -0.900. The van der Waals surface area contributed by atoms with Gasteiger partial charge in [0.2, 0.25) is 0 Å². The Labute approximate surface area is 87.2 Å². The predicted molar refractivity (Wildman–Crippen MR) is 59.3 cm³/mol. The fourth-order valence-electron chi connectivity index (χ4n) is 1.93. The Kier molecular flexibility index (Phi) is 5.22. The summed E-state index contributed by atoms with van der Waals surface area (Å²) in [7, 11) is 0. The lowest BCUT2D eigenvalue weighted by Crippen LogP contribution is -1.94. The van der Waals surface area contributed by atoms with Gasteiger partial charge in [-0.2, -0.15) is 0 Å². The van der Waals surface area contributed by atoms with Crippen molar-refractivity contribution in [3.63, 3.8) is 0 Å². The first kappa shape index (κ1) is 11.2. The van der Waals surface area contributed by atoms with Crippen LogP contribution in [0.1, 0.15) is 51.9 Å². The van der Waals surface area contributed by atoms with Crippen LogP contribution in [0.3, 0.4) is 0 Å². The second kappa shape index (κ2) is 6.54. The van der Waals surface area contributed by atoms with Crippen LogP contribution in [-0.2, 0) is 0 Å². The molecule has 78 valence electrons. The molecule has 0 aliphatic heterocycles. The Morgan fingerprint density at radius 1 is 1.36 bits per heavy atom. The van der Waals surface area contributed by atoms with E-state index in [2.05, 4.69) is 18.9 Å². The van der Waals surface area contributed by atoms with Crippen LogP contribution in [0, 0.1) is 17.9 Å². The van der Waals surface area contributed by atoms with Gasteiger partial charge in [0.1, 0.15) is 6.11 Å². The zero-order valence-corrected chi connectivity index (χ0v) is 9.05. The molecule has 0 amide bonds. The first-order chi connectivity index (χ1) is 6.83.